The van der Waals surface area contributed by atoms with Gasteiger partial charge >= 0.3 is 0 Å². The Morgan fingerprint density at radius 1 is 0.852 bits per heavy atom. The Hall–Kier alpha value is -2.72. The molecule has 0 heterocycles. The molecule has 1 aliphatic carbocycles. The van der Waals surface area contributed by atoms with Crippen molar-refractivity contribution in [2.75, 3.05) is 5.32 Å². The van der Waals surface area contributed by atoms with E-state index in [4.69, 9.17) is 0 Å². The fraction of sp³-hybridized carbons (Fsp3) is 0.130. The van der Waals surface area contributed by atoms with Crippen LogP contribution in [-0.2, 0) is 11.2 Å². The largest absolute Gasteiger partial charge is 0.326 e. The van der Waals surface area contributed by atoms with Crippen molar-refractivity contribution in [1.29, 1.82) is 0 Å². The number of rotatable bonds is 5. The van der Waals surface area contributed by atoms with E-state index in [-0.39, 0.29) is 24.5 Å². The molecule has 0 saturated carbocycles. The first kappa shape index (κ1) is 17.7. The smallest absolute Gasteiger partial charge is 0.224 e. The minimum absolute atomic E-state index is 0.000266. The SMILES string of the molecule is O=C(CCC(=O)c1ccc2c(c1)Cc1ccccc1-2)Nc1ccc(Br)cc1. The lowest BCUT2D eigenvalue weighted by Gasteiger charge is -2.07. The van der Waals surface area contributed by atoms with E-state index in [0.29, 0.717) is 5.56 Å². The fourth-order valence-electron chi connectivity index (χ4n) is 3.45. The molecule has 0 aliphatic heterocycles. The second kappa shape index (κ2) is 7.49. The van der Waals surface area contributed by atoms with Crippen molar-refractivity contribution in [2.24, 2.45) is 0 Å². The Bertz CT molecular complexity index is 1020. The lowest BCUT2D eigenvalue weighted by Crippen LogP contribution is -2.13. The normalized spacial score (nSPS) is 11.6. The van der Waals surface area contributed by atoms with Crippen LogP contribution in [0.15, 0.2) is 71.2 Å². The van der Waals surface area contributed by atoms with Crippen LogP contribution in [0.1, 0.15) is 34.3 Å². The number of hydrogen-bond acceptors (Lipinski definition) is 2. The van der Waals surface area contributed by atoms with Gasteiger partial charge in [0.2, 0.25) is 5.91 Å². The summed E-state index contributed by atoms with van der Waals surface area (Å²) in [6.07, 6.45) is 1.23. The average molecular weight is 420 g/mol. The number of carbonyl (C=O) groups is 2. The van der Waals surface area contributed by atoms with Gasteiger partial charge in [0.15, 0.2) is 5.78 Å². The number of ketones is 1. The van der Waals surface area contributed by atoms with Crippen molar-refractivity contribution in [1.82, 2.24) is 0 Å². The molecule has 0 saturated heterocycles. The summed E-state index contributed by atoms with van der Waals surface area (Å²) < 4.78 is 0.953. The number of halogens is 1. The highest BCUT2D eigenvalue weighted by Crippen LogP contribution is 2.36. The first-order chi connectivity index (χ1) is 13.1. The van der Waals surface area contributed by atoms with Gasteiger partial charge in [-0.25, -0.2) is 0 Å². The molecule has 134 valence electrons. The highest BCUT2D eigenvalue weighted by Gasteiger charge is 2.19. The molecule has 0 bridgehead atoms. The van der Waals surface area contributed by atoms with Gasteiger partial charge < -0.3 is 5.32 Å². The van der Waals surface area contributed by atoms with Crippen LogP contribution in [0.3, 0.4) is 0 Å². The third kappa shape index (κ3) is 3.86. The van der Waals surface area contributed by atoms with Crippen LogP contribution < -0.4 is 5.32 Å². The molecule has 0 unspecified atom stereocenters. The quantitative estimate of drug-likeness (QED) is 0.426. The monoisotopic (exact) mass is 419 g/mol. The fourth-order valence-corrected chi connectivity index (χ4v) is 3.71. The second-order valence-corrected chi connectivity index (χ2v) is 7.60. The maximum Gasteiger partial charge on any atom is 0.224 e. The van der Waals surface area contributed by atoms with E-state index in [1.807, 2.05) is 54.6 Å². The zero-order chi connectivity index (χ0) is 18.8. The minimum Gasteiger partial charge on any atom is -0.326 e. The van der Waals surface area contributed by atoms with Gasteiger partial charge in [0, 0.05) is 28.6 Å². The van der Waals surface area contributed by atoms with Crippen LogP contribution in [0.5, 0.6) is 0 Å². The average Bonchev–Trinajstić information content (AvgIpc) is 3.05. The zero-order valence-corrected chi connectivity index (χ0v) is 16.3. The molecular weight excluding hydrogens is 402 g/mol. The highest BCUT2D eigenvalue weighted by molar-refractivity contribution is 9.10. The summed E-state index contributed by atoms with van der Waals surface area (Å²) in [6, 6.07) is 21.6. The molecule has 1 amide bonds. The molecule has 3 nitrogen and oxygen atoms in total. The van der Waals surface area contributed by atoms with Crippen LogP contribution in [0.25, 0.3) is 11.1 Å². The number of hydrogen-bond donors (Lipinski definition) is 1. The summed E-state index contributed by atoms with van der Waals surface area (Å²) in [5.74, 6) is -0.154. The van der Waals surface area contributed by atoms with Crippen molar-refractivity contribution in [3.63, 3.8) is 0 Å². The minimum atomic E-state index is -0.153. The van der Waals surface area contributed by atoms with E-state index in [1.54, 1.807) is 0 Å². The lowest BCUT2D eigenvalue weighted by atomic mass is 9.99. The number of amides is 1. The van der Waals surface area contributed by atoms with Gasteiger partial charge in [0.25, 0.3) is 0 Å². The molecule has 1 aliphatic rings. The highest BCUT2D eigenvalue weighted by atomic mass is 79.9. The van der Waals surface area contributed by atoms with Gasteiger partial charge in [-0.3, -0.25) is 9.59 Å². The molecule has 0 atom stereocenters. The van der Waals surface area contributed by atoms with Gasteiger partial charge in [0.05, 0.1) is 0 Å². The first-order valence-corrected chi connectivity index (χ1v) is 9.69. The third-order valence-electron chi connectivity index (χ3n) is 4.82. The topological polar surface area (TPSA) is 46.2 Å². The number of anilines is 1. The summed E-state index contributed by atoms with van der Waals surface area (Å²) in [4.78, 5) is 24.6. The van der Waals surface area contributed by atoms with E-state index in [1.165, 1.54) is 22.3 Å². The molecule has 0 spiro atoms. The molecule has 0 radical (unpaired) electrons. The van der Waals surface area contributed by atoms with Crippen LogP contribution >= 0.6 is 15.9 Å². The van der Waals surface area contributed by atoms with E-state index < -0.39 is 0 Å². The summed E-state index contributed by atoms with van der Waals surface area (Å²) in [6.45, 7) is 0. The maximum absolute atomic E-state index is 12.5. The third-order valence-corrected chi connectivity index (χ3v) is 5.35. The van der Waals surface area contributed by atoms with Gasteiger partial charge in [-0.1, -0.05) is 52.3 Å². The summed E-state index contributed by atoms with van der Waals surface area (Å²) >= 11 is 3.36. The molecule has 0 fully saturated rings. The number of carbonyl (C=O) groups excluding carboxylic acids is 2. The molecule has 27 heavy (non-hydrogen) atoms. The molecule has 3 aromatic carbocycles. The summed E-state index contributed by atoms with van der Waals surface area (Å²) in [5.41, 5.74) is 6.34. The summed E-state index contributed by atoms with van der Waals surface area (Å²) in [5, 5.41) is 2.82. The van der Waals surface area contributed by atoms with Gasteiger partial charge in [-0.05, 0) is 59.0 Å². The Balaban J connectivity index is 1.38. The van der Waals surface area contributed by atoms with Crippen LogP contribution in [-0.4, -0.2) is 11.7 Å². The van der Waals surface area contributed by atoms with E-state index in [0.717, 1.165) is 16.6 Å². The van der Waals surface area contributed by atoms with Gasteiger partial charge in [-0.2, -0.15) is 0 Å². The predicted molar refractivity (Wildman–Crippen MR) is 111 cm³/mol. The molecule has 3 aromatic rings. The van der Waals surface area contributed by atoms with Crippen molar-refractivity contribution >= 4 is 33.3 Å². The second-order valence-electron chi connectivity index (χ2n) is 6.68. The molecule has 4 rings (SSSR count). The van der Waals surface area contributed by atoms with Crippen LogP contribution in [0.2, 0.25) is 0 Å². The van der Waals surface area contributed by atoms with Crippen LogP contribution in [0.4, 0.5) is 5.69 Å². The first-order valence-electron chi connectivity index (χ1n) is 8.90. The van der Waals surface area contributed by atoms with E-state index in [2.05, 4.69) is 33.4 Å². The lowest BCUT2D eigenvalue weighted by molar-refractivity contribution is -0.116. The molecule has 4 heteroatoms. The predicted octanol–water partition coefficient (Wildman–Crippen LogP) is 5.62. The molecule has 0 aromatic heterocycles. The van der Waals surface area contributed by atoms with Crippen LogP contribution in [0, 0.1) is 0 Å². The van der Waals surface area contributed by atoms with Crippen molar-refractivity contribution < 1.29 is 9.59 Å². The number of fused-ring (bicyclic) bond motifs is 3. The summed E-state index contributed by atoms with van der Waals surface area (Å²) in [7, 11) is 0. The van der Waals surface area contributed by atoms with Gasteiger partial charge in [-0.15, -0.1) is 0 Å². The Morgan fingerprint density at radius 3 is 2.41 bits per heavy atom. The van der Waals surface area contributed by atoms with E-state index >= 15 is 0 Å². The molecular formula is C23H18BrNO2. The Kier molecular flexibility index (Phi) is 4.90. The van der Waals surface area contributed by atoms with Crippen molar-refractivity contribution in [2.45, 2.75) is 19.3 Å². The maximum atomic E-state index is 12.5. The standard InChI is InChI=1S/C23H18BrNO2/c24-18-6-8-19(9-7-18)25-23(27)12-11-22(26)16-5-10-21-17(14-16)13-15-3-1-2-4-20(15)21/h1-10,14H,11-13H2,(H,25,27). The Morgan fingerprint density at radius 2 is 1.59 bits per heavy atom. The Labute approximate surface area is 166 Å². The van der Waals surface area contributed by atoms with Crippen molar-refractivity contribution in [3.8, 4) is 11.1 Å². The van der Waals surface area contributed by atoms with Gasteiger partial charge in [0.1, 0.15) is 0 Å². The van der Waals surface area contributed by atoms with E-state index in [9.17, 15) is 9.59 Å². The number of Topliss-reactive ketones (excluding diaryl/α,β-unsaturated/α-hetero) is 1. The number of nitrogens with one attached hydrogen (secondary N) is 1. The number of benzene rings is 3. The van der Waals surface area contributed by atoms with Crippen molar-refractivity contribution in [3.05, 3.63) is 87.9 Å². The molecule has 1 N–H and O–H groups in total. The zero-order valence-electron chi connectivity index (χ0n) is 14.7.